The van der Waals surface area contributed by atoms with E-state index in [4.69, 9.17) is 4.74 Å². The number of rotatable bonds is 4. The molecule has 0 aliphatic rings. The molecule has 0 bridgehead atoms. The fourth-order valence-electron chi connectivity index (χ4n) is 2.79. The first-order chi connectivity index (χ1) is 12.9. The molecule has 138 valence electrons. The van der Waals surface area contributed by atoms with E-state index in [9.17, 15) is 9.59 Å². The number of aromatic nitrogens is 2. The van der Waals surface area contributed by atoms with Gasteiger partial charge in [-0.1, -0.05) is 30.3 Å². The van der Waals surface area contributed by atoms with Crippen molar-refractivity contribution in [2.45, 2.75) is 20.8 Å². The van der Waals surface area contributed by atoms with Crippen LogP contribution in [0.15, 0.2) is 53.3 Å². The van der Waals surface area contributed by atoms with Crippen LogP contribution in [0.2, 0.25) is 0 Å². The summed E-state index contributed by atoms with van der Waals surface area (Å²) in [5.74, 6) is -0.310. The molecule has 1 amide bonds. The number of anilines is 1. The van der Waals surface area contributed by atoms with E-state index in [0.29, 0.717) is 11.4 Å². The molecule has 0 radical (unpaired) electrons. The van der Waals surface area contributed by atoms with Crippen LogP contribution in [0.5, 0.6) is 5.75 Å². The molecule has 0 atom stereocenters. The molecular formula is C21H21N3O3. The first kappa shape index (κ1) is 18.4. The minimum atomic E-state index is -0.442. The SMILES string of the molecule is COc1cc(=O)n(-c2ccccc2C)nc1C(=O)Nc1cccc(C)c1C. The molecule has 0 spiro atoms. The number of hydrogen-bond donors (Lipinski definition) is 1. The molecule has 27 heavy (non-hydrogen) atoms. The van der Waals surface area contributed by atoms with Gasteiger partial charge >= 0.3 is 0 Å². The van der Waals surface area contributed by atoms with Gasteiger partial charge in [-0.25, -0.2) is 0 Å². The molecule has 1 aromatic heterocycles. The summed E-state index contributed by atoms with van der Waals surface area (Å²) >= 11 is 0. The Kier molecular flexibility index (Phi) is 5.07. The lowest BCUT2D eigenvalue weighted by molar-refractivity contribution is 0.101. The van der Waals surface area contributed by atoms with E-state index in [1.54, 1.807) is 6.07 Å². The van der Waals surface area contributed by atoms with Gasteiger partial charge in [-0.05, 0) is 49.6 Å². The lowest BCUT2D eigenvalue weighted by atomic mass is 10.1. The monoisotopic (exact) mass is 363 g/mol. The predicted molar refractivity (Wildman–Crippen MR) is 105 cm³/mol. The Hall–Kier alpha value is -3.41. The van der Waals surface area contributed by atoms with Crippen LogP contribution in [0.3, 0.4) is 0 Å². The maximum atomic E-state index is 12.9. The topological polar surface area (TPSA) is 73.2 Å². The highest BCUT2D eigenvalue weighted by atomic mass is 16.5. The van der Waals surface area contributed by atoms with Crippen molar-refractivity contribution in [3.8, 4) is 11.4 Å². The molecule has 1 N–H and O–H groups in total. The van der Waals surface area contributed by atoms with Crippen LogP contribution in [-0.2, 0) is 0 Å². The van der Waals surface area contributed by atoms with Crippen molar-refractivity contribution in [1.82, 2.24) is 9.78 Å². The maximum absolute atomic E-state index is 12.9. The number of ether oxygens (including phenoxy) is 1. The molecule has 6 heteroatoms. The summed E-state index contributed by atoms with van der Waals surface area (Å²) in [5.41, 5.74) is 3.89. The Morgan fingerprint density at radius 2 is 1.74 bits per heavy atom. The molecule has 0 saturated heterocycles. The van der Waals surface area contributed by atoms with Crippen molar-refractivity contribution >= 4 is 11.6 Å². The molecule has 0 unspecified atom stereocenters. The normalized spacial score (nSPS) is 10.5. The molecule has 3 aromatic rings. The summed E-state index contributed by atoms with van der Waals surface area (Å²) in [4.78, 5) is 25.3. The zero-order chi connectivity index (χ0) is 19.6. The summed E-state index contributed by atoms with van der Waals surface area (Å²) < 4.78 is 6.44. The summed E-state index contributed by atoms with van der Waals surface area (Å²) in [7, 11) is 1.41. The molecule has 1 heterocycles. The summed E-state index contributed by atoms with van der Waals surface area (Å²) in [6.07, 6.45) is 0. The number of para-hydroxylation sites is 1. The average molecular weight is 363 g/mol. The molecular weight excluding hydrogens is 342 g/mol. The Balaban J connectivity index is 2.07. The lowest BCUT2D eigenvalue weighted by Gasteiger charge is -2.14. The Morgan fingerprint density at radius 3 is 2.44 bits per heavy atom. The first-order valence-electron chi connectivity index (χ1n) is 8.54. The summed E-state index contributed by atoms with van der Waals surface area (Å²) in [6.45, 7) is 5.79. The molecule has 2 aromatic carbocycles. The minimum absolute atomic E-state index is 0.0428. The van der Waals surface area contributed by atoms with E-state index in [2.05, 4.69) is 10.4 Å². The second kappa shape index (κ2) is 7.45. The quantitative estimate of drug-likeness (QED) is 0.771. The van der Waals surface area contributed by atoms with Crippen LogP contribution in [-0.4, -0.2) is 22.8 Å². The van der Waals surface area contributed by atoms with Crippen LogP contribution in [0.4, 0.5) is 5.69 Å². The van der Waals surface area contributed by atoms with Gasteiger partial charge in [-0.15, -0.1) is 0 Å². The van der Waals surface area contributed by atoms with Crippen LogP contribution < -0.4 is 15.6 Å². The van der Waals surface area contributed by atoms with E-state index < -0.39 is 5.91 Å². The van der Waals surface area contributed by atoms with Crippen LogP contribution >= 0.6 is 0 Å². The van der Waals surface area contributed by atoms with Gasteiger partial charge in [-0.3, -0.25) is 9.59 Å². The van der Waals surface area contributed by atoms with Gasteiger partial charge in [0.2, 0.25) is 0 Å². The Morgan fingerprint density at radius 1 is 1.04 bits per heavy atom. The van der Waals surface area contributed by atoms with Crippen molar-refractivity contribution in [2.75, 3.05) is 12.4 Å². The van der Waals surface area contributed by atoms with E-state index in [0.717, 1.165) is 16.7 Å². The van der Waals surface area contributed by atoms with E-state index in [1.165, 1.54) is 17.9 Å². The van der Waals surface area contributed by atoms with Gasteiger partial charge in [-0.2, -0.15) is 9.78 Å². The third kappa shape index (κ3) is 3.60. The number of aryl methyl sites for hydroxylation is 2. The third-order valence-electron chi connectivity index (χ3n) is 4.53. The number of amides is 1. The highest BCUT2D eigenvalue weighted by Gasteiger charge is 2.19. The molecule has 0 fully saturated rings. The molecule has 6 nitrogen and oxygen atoms in total. The number of benzene rings is 2. The Bertz CT molecular complexity index is 1070. The average Bonchev–Trinajstić information content (AvgIpc) is 2.65. The first-order valence-corrected chi connectivity index (χ1v) is 8.54. The Labute approximate surface area is 157 Å². The van der Waals surface area contributed by atoms with E-state index >= 15 is 0 Å². The van der Waals surface area contributed by atoms with Crippen molar-refractivity contribution in [1.29, 1.82) is 0 Å². The second-order valence-corrected chi connectivity index (χ2v) is 6.30. The molecule has 0 aliphatic heterocycles. The van der Waals surface area contributed by atoms with Crippen molar-refractivity contribution in [3.05, 3.63) is 81.3 Å². The van der Waals surface area contributed by atoms with Gasteiger partial charge in [0.25, 0.3) is 11.5 Å². The van der Waals surface area contributed by atoms with E-state index in [-0.39, 0.29) is 17.0 Å². The zero-order valence-corrected chi connectivity index (χ0v) is 15.7. The molecule has 0 saturated carbocycles. The van der Waals surface area contributed by atoms with Crippen molar-refractivity contribution in [2.24, 2.45) is 0 Å². The second-order valence-electron chi connectivity index (χ2n) is 6.30. The highest BCUT2D eigenvalue weighted by Crippen LogP contribution is 2.21. The van der Waals surface area contributed by atoms with Crippen molar-refractivity contribution in [3.63, 3.8) is 0 Å². The fourth-order valence-corrected chi connectivity index (χ4v) is 2.79. The number of nitrogens with zero attached hydrogens (tertiary/aromatic N) is 2. The van der Waals surface area contributed by atoms with Crippen molar-refractivity contribution < 1.29 is 9.53 Å². The van der Waals surface area contributed by atoms with E-state index in [1.807, 2.05) is 57.2 Å². The number of methoxy groups -OCH3 is 1. The fraction of sp³-hybridized carbons (Fsp3) is 0.190. The number of carbonyl (C=O) groups is 1. The molecule has 0 aliphatic carbocycles. The number of carbonyl (C=O) groups excluding carboxylic acids is 1. The van der Waals surface area contributed by atoms with Crippen LogP contribution in [0.25, 0.3) is 5.69 Å². The predicted octanol–water partition coefficient (Wildman–Crippen LogP) is 3.42. The zero-order valence-electron chi connectivity index (χ0n) is 15.7. The lowest BCUT2D eigenvalue weighted by Crippen LogP contribution is -2.26. The molecule has 3 rings (SSSR count). The minimum Gasteiger partial charge on any atom is -0.494 e. The van der Waals surface area contributed by atoms with Gasteiger partial charge in [0.1, 0.15) is 0 Å². The smallest absolute Gasteiger partial charge is 0.280 e. The van der Waals surface area contributed by atoms with Crippen LogP contribution in [0, 0.1) is 20.8 Å². The van der Waals surface area contributed by atoms with Gasteiger partial charge < -0.3 is 10.1 Å². The summed E-state index contributed by atoms with van der Waals surface area (Å²) in [5, 5.41) is 7.15. The standard InChI is InChI=1S/C21H21N3O3/c1-13-9-7-10-16(15(13)3)22-21(26)20-18(27-4)12-19(25)24(23-20)17-11-6-5-8-14(17)2/h5-12H,1-4H3,(H,22,26). The summed E-state index contributed by atoms with van der Waals surface area (Å²) in [6, 6.07) is 14.3. The number of hydrogen-bond acceptors (Lipinski definition) is 4. The number of nitrogens with one attached hydrogen (secondary N) is 1. The van der Waals surface area contributed by atoms with Gasteiger partial charge in [0.15, 0.2) is 11.4 Å². The third-order valence-corrected chi connectivity index (χ3v) is 4.53. The highest BCUT2D eigenvalue weighted by molar-refractivity contribution is 6.05. The van der Waals surface area contributed by atoms with Gasteiger partial charge in [0, 0.05) is 5.69 Å². The van der Waals surface area contributed by atoms with Crippen LogP contribution in [0.1, 0.15) is 27.2 Å². The van der Waals surface area contributed by atoms with Gasteiger partial charge in [0.05, 0.1) is 18.9 Å². The largest absolute Gasteiger partial charge is 0.494 e. The maximum Gasteiger partial charge on any atom is 0.280 e.